The molecule has 120 valence electrons. The number of amides is 1. The second-order valence-corrected chi connectivity index (χ2v) is 6.02. The molecule has 0 unspecified atom stereocenters. The van der Waals surface area contributed by atoms with E-state index < -0.39 is 0 Å². The van der Waals surface area contributed by atoms with Crippen LogP contribution in [0.25, 0.3) is 0 Å². The van der Waals surface area contributed by atoms with Gasteiger partial charge in [-0.05, 0) is 54.2 Å². The number of carbonyl (C=O) groups is 1. The van der Waals surface area contributed by atoms with Crippen molar-refractivity contribution in [1.82, 2.24) is 4.90 Å². The van der Waals surface area contributed by atoms with Crippen molar-refractivity contribution >= 4 is 5.91 Å². The second kappa shape index (κ2) is 6.92. The third kappa shape index (κ3) is 3.59. The van der Waals surface area contributed by atoms with Gasteiger partial charge in [0.2, 0.25) is 0 Å². The molecule has 0 spiro atoms. The third-order valence-corrected chi connectivity index (χ3v) is 4.53. The van der Waals surface area contributed by atoms with Crippen LogP contribution in [0.1, 0.15) is 40.2 Å². The van der Waals surface area contributed by atoms with E-state index in [2.05, 4.69) is 12.1 Å². The Labute approximate surface area is 135 Å². The van der Waals surface area contributed by atoms with Crippen molar-refractivity contribution in [2.75, 3.05) is 13.1 Å². The molecular weight excluding hydrogens is 291 g/mol. The Morgan fingerprint density at radius 3 is 2.48 bits per heavy atom. The molecule has 0 radical (unpaired) electrons. The average Bonchev–Trinajstić information content (AvgIpc) is 2.62. The highest BCUT2D eigenvalue weighted by atomic mass is 19.1. The maximum Gasteiger partial charge on any atom is 0.253 e. The number of rotatable bonds is 3. The maximum absolute atomic E-state index is 13.0. The lowest BCUT2D eigenvalue weighted by molar-refractivity contribution is 0.0713. The molecule has 1 saturated heterocycles. The minimum Gasteiger partial charge on any atom is -0.339 e. The fourth-order valence-corrected chi connectivity index (χ4v) is 3.16. The topological polar surface area (TPSA) is 46.3 Å². The van der Waals surface area contributed by atoms with E-state index in [1.54, 1.807) is 12.1 Å². The van der Waals surface area contributed by atoms with Gasteiger partial charge in [0.25, 0.3) is 5.91 Å². The molecule has 1 fully saturated rings. The van der Waals surface area contributed by atoms with E-state index in [9.17, 15) is 9.18 Å². The van der Waals surface area contributed by atoms with Gasteiger partial charge in [0, 0.05) is 25.2 Å². The Kier molecular flexibility index (Phi) is 4.72. The number of piperidine rings is 1. The van der Waals surface area contributed by atoms with Gasteiger partial charge in [-0.2, -0.15) is 0 Å². The van der Waals surface area contributed by atoms with E-state index in [1.807, 2.05) is 17.0 Å². The standard InChI is InChI=1S/C19H21FN2O/c20-18-6-4-16(5-7-18)19(23)22-10-8-15(9-11-22)17-3-1-2-14(12-17)13-21/h1-7,12,15H,8-11,13,21H2. The molecule has 23 heavy (non-hydrogen) atoms. The van der Waals surface area contributed by atoms with Gasteiger partial charge >= 0.3 is 0 Å². The Morgan fingerprint density at radius 2 is 1.83 bits per heavy atom. The van der Waals surface area contributed by atoms with Crippen LogP contribution in [-0.4, -0.2) is 23.9 Å². The third-order valence-electron chi connectivity index (χ3n) is 4.53. The van der Waals surface area contributed by atoms with Crippen LogP contribution in [-0.2, 0) is 6.54 Å². The van der Waals surface area contributed by atoms with Crippen molar-refractivity contribution in [3.05, 3.63) is 71.0 Å². The first-order chi connectivity index (χ1) is 11.2. The quantitative estimate of drug-likeness (QED) is 0.945. The first-order valence-electron chi connectivity index (χ1n) is 8.01. The highest BCUT2D eigenvalue weighted by Crippen LogP contribution is 2.29. The van der Waals surface area contributed by atoms with Crippen LogP contribution in [0, 0.1) is 5.82 Å². The van der Waals surface area contributed by atoms with Gasteiger partial charge in [-0.25, -0.2) is 4.39 Å². The van der Waals surface area contributed by atoms with Gasteiger partial charge in [0.1, 0.15) is 5.82 Å². The van der Waals surface area contributed by atoms with E-state index >= 15 is 0 Å². The number of likely N-dealkylation sites (tertiary alicyclic amines) is 1. The number of nitrogens with zero attached hydrogens (tertiary/aromatic N) is 1. The fourth-order valence-electron chi connectivity index (χ4n) is 3.16. The predicted octanol–water partition coefficient (Wildman–Crippen LogP) is 3.30. The van der Waals surface area contributed by atoms with Crippen molar-refractivity contribution in [2.45, 2.75) is 25.3 Å². The molecule has 0 aromatic heterocycles. The molecule has 0 aliphatic carbocycles. The molecule has 0 bridgehead atoms. The summed E-state index contributed by atoms with van der Waals surface area (Å²) in [6.07, 6.45) is 1.89. The van der Waals surface area contributed by atoms with Crippen LogP contribution < -0.4 is 5.73 Å². The highest BCUT2D eigenvalue weighted by Gasteiger charge is 2.24. The zero-order valence-electron chi connectivity index (χ0n) is 13.0. The van der Waals surface area contributed by atoms with E-state index in [0.717, 1.165) is 31.5 Å². The number of nitrogens with two attached hydrogens (primary N) is 1. The summed E-state index contributed by atoms with van der Waals surface area (Å²) in [5.41, 5.74) is 8.71. The van der Waals surface area contributed by atoms with Crippen LogP contribution >= 0.6 is 0 Å². The first-order valence-corrected chi connectivity index (χ1v) is 8.01. The molecule has 0 saturated carbocycles. The predicted molar refractivity (Wildman–Crippen MR) is 88.6 cm³/mol. The van der Waals surface area contributed by atoms with Gasteiger partial charge in [0.15, 0.2) is 0 Å². The van der Waals surface area contributed by atoms with E-state index in [1.165, 1.54) is 17.7 Å². The summed E-state index contributed by atoms with van der Waals surface area (Å²) in [6.45, 7) is 2.01. The average molecular weight is 312 g/mol. The van der Waals surface area contributed by atoms with Gasteiger partial charge in [-0.15, -0.1) is 0 Å². The molecule has 1 heterocycles. The summed E-state index contributed by atoms with van der Waals surface area (Å²) >= 11 is 0. The molecule has 0 atom stereocenters. The highest BCUT2D eigenvalue weighted by molar-refractivity contribution is 5.94. The molecular formula is C19H21FN2O. The summed E-state index contributed by atoms with van der Waals surface area (Å²) in [5.74, 6) is 0.137. The van der Waals surface area contributed by atoms with Crippen LogP contribution in [0.15, 0.2) is 48.5 Å². The number of carbonyl (C=O) groups excluding carboxylic acids is 1. The first kappa shape index (κ1) is 15.7. The second-order valence-electron chi connectivity index (χ2n) is 6.02. The Morgan fingerprint density at radius 1 is 1.13 bits per heavy atom. The Hall–Kier alpha value is -2.20. The minimum atomic E-state index is -0.319. The van der Waals surface area contributed by atoms with Crippen molar-refractivity contribution in [3.8, 4) is 0 Å². The molecule has 3 rings (SSSR count). The normalized spacial score (nSPS) is 15.7. The van der Waals surface area contributed by atoms with Gasteiger partial charge in [-0.3, -0.25) is 4.79 Å². The summed E-state index contributed by atoms with van der Waals surface area (Å²) in [4.78, 5) is 14.3. The van der Waals surface area contributed by atoms with Crippen LogP contribution in [0.5, 0.6) is 0 Å². The molecule has 1 aliphatic rings. The van der Waals surface area contributed by atoms with Crippen LogP contribution in [0.3, 0.4) is 0 Å². The smallest absolute Gasteiger partial charge is 0.253 e. The van der Waals surface area contributed by atoms with Gasteiger partial charge in [0.05, 0.1) is 0 Å². The Balaban J connectivity index is 1.63. The van der Waals surface area contributed by atoms with Crippen molar-refractivity contribution in [1.29, 1.82) is 0 Å². The van der Waals surface area contributed by atoms with E-state index in [-0.39, 0.29) is 11.7 Å². The van der Waals surface area contributed by atoms with Crippen LogP contribution in [0.2, 0.25) is 0 Å². The summed E-state index contributed by atoms with van der Waals surface area (Å²) in [5, 5.41) is 0. The monoisotopic (exact) mass is 312 g/mol. The van der Waals surface area contributed by atoms with E-state index in [0.29, 0.717) is 18.0 Å². The number of halogens is 1. The Bertz CT molecular complexity index is 676. The lowest BCUT2D eigenvalue weighted by Gasteiger charge is -2.32. The lowest BCUT2D eigenvalue weighted by Crippen LogP contribution is -2.37. The zero-order chi connectivity index (χ0) is 16.2. The molecule has 1 amide bonds. The molecule has 2 N–H and O–H groups in total. The van der Waals surface area contributed by atoms with Crippen LogP contribution in [0.4, 0.5) is 4.39 Å². The summed E-state index contributed by atoms with van der Waals surface area (Å²) in [7, 11) is 0. The number of hydrogen-bond acceptors (Lipinski definition) is 2. The summed E-state index contributed by atoms with van der Waals surface area (Å²) in [6, 6.07) is 14.2. The van der Waals surface area contributed by atoms with Crippen molar-refractivity contribution < 1.29 is 9.18 Å². The molecule has 1 aliphatic heterocycles. The molecule has 3 nitrogen and oxygen atoms in total. The summed E-state index contributed by atoms with van der Waals surface area (Å²) < 4.78 is 13.0. The minimum absolute atomic E-state index is 0.0147. The van der Waals surface area contributed by atoms with Crippen molar-refractivity contribution in [3.63, 3.8) is 0 Å². The largest absolute Gasteiger partial charge is 0.339 e. The van der Waals surface area contributed by atoms with Gasteiger partial charge < -0.3 is 10.6 Å². The number of benzene rings is 2. The molecule has 2 aromatic carbocycles. The van der Waals surface area contributed by atoms with E-state index in [4.69, 9.17) is 5.73 Å². The SMILES string of the molecule is NCc1cccc(C2CCN(C(=O)c3ccc(F)cc3)CC2)c1. The lowest BCUT2D eigenvalue weighted by atomic mass is 9.88. The van der Waals surface area contributed by atoms with Crippen molar-refractivity contribution in [2.24, 2.45) is 5.73 Å². The van der Waals surface area contributed by atoms with Gasteiger partial charge in [-0.1, -0.05) is 24.3 Å². The number of hydrogen-bond donors (Lipinski definition) is 1. The molecule has 4 heteroatoms. The zero-order valence-corrected chi connectivity index (χ0v) is 13.0. The maximum atomic E-state index is 13.0. The molecule has 2 aromatic rings. The fraction of sp³-hybridized carbons (Fsp3) is 0.316.